The van der Waals surface area contributed by atoms with E-state index in [-0.39, 0.29) is 26.1 Å². The molecule has 0 aromatic rings. The maximum Gasteiger partial charge on any atom is 0.306 e. The van der Waals surface area contributed by atoms with Crippen molar-refractivity contribution in [3.05, 3.63) is 72.9 Å². The van der Waals surface area contributed by atoms with E-state index in [2.05, 4.69) is 86.8 Å². The van der Waals surface area contributed by atoms with Crippen molar-refractivity contribution in [2.75, 3.05) is 47.5 Å². The number of rotatable bonds is 46. The highest BCUT2D eigenvalue weighted by Gasteiger charge is 2.21. The Hall–Kier alpha value is -2.55. The van der Waals surface area contributed by atoms with Gasteiger partial charge in [0.05, 0.1) is 27.7 Å². The van der Waals surface area contributed by atoms with Crippen LogP contribution in [0.2, 0.25) is 0 Å². The molecule has 64 heavy (non-hydrogen) atoms. The Morgan fingerprint density at radius 1 is 0.500 bits per heavy atom. The van der Waals surface area contributed by atoms with E-state index in [1.165, 1.54) is 83.5 Å². The van der Waals surface area contributed by atoms with Crippen molar-refractivity contribution in [2.24, 2.45) is 0 Å². The van der Waals surface area contributed by atoms with Crippen molar-refractivity contribution in [3.63, 3.8) is 0 Å². The molecule has 0 bridgehead atoms. The Morgan fingerprint density at radius 3 is 1.33 bits per heavy atom. The van der Waals surface area contributed by atoms with Crippen LogP contribution in [0.15, 0.2) is 72.9 Å². The molecule has 9 nitrogen and oxygen atoms in total. The van der Waals surface area contributed by atoms with Gasteiger partial charge in [0.2, 0.25) is 0 Å². The Kier molecular flexibility index (Phi) is 43.8. The number of carbonyl (C=O) groups excluding carboxylic acids is 2. The zero-order chi connectivity index (χ0) is 47.1. The van der Waals surface area contributed by atoms with Gasteiger partial charge in [-0.1, -0.05) is 183 Å². The average Bonchev–Trinajstić information content (AvgIpc) is 3.25. The molecule has 0 aromatic heterocycles. The summed E-state index contributed by atoms with van der Waals surface area (Å²) in [5.74, 6) is -0.849. The summed E-state index contributed by atoms with van der Waals surface area (Å²) >= 11 is 0. The van der Waals surface area contributed by atoms with Crippen LogP contribution in [0.4, 0.5) is 0 Å². The molecule has 0 rings (SSSR count). The number of phosphoric ester groups is 1. The normalized spacial score (nSPS) is 14.0. The Labute approximate surface area is 393 Å². The molecule has 0 aliphatic rings. The van der Waals surface area contributed by atoms with Gasteiger partial charge >= 0.3 is 11.9 Å². The third kappa shape index (κ3) is 48.9. The molecule has 0 heterocycles. The summed E-state index contributed by atoms with van der Waals surface area (Å²) in [7, 11) is 1.15. The molecule has 2 unspecified atom stereocenters. The lowest BCUT2D eigenvalue weighted by atomic mass is 10.0. The first kappa shape index (κ1) is 61.5. The number of allylic oxidation sites excluding steroid dienone is 12. The fourth-order valence-corrected chi connectivity index (χ4v) is 7.46. The second-order valence-electron chi connectivity index (χ2n) is 18.1. The molecule has 370 valence electrons. The maximum absolute atomic E-state index is 12.8. The molecule has 0 aliphatic carbocycles. The summed E-state index contributed by atoms with van der Waals surface area (Å²) in [6.07, 6.45) is 57.8. The van der Waals surface area contributed by atoms with Crippen molar-refractivity contribution in [2.45, 2.75) is 213 Å². The molecule has 0 radical (unpaired) electrons. The number of quaternary nitrogens is 1. The topological polar surface area (TPSA) is 111 Å². The Bertz CT molecular complexity index is 1310. The van der Waals surface area contributed by atoms with Gasteiger partial charge in [0.25, 0.3) is 7.82 Å². The van der Waals surface area contributed by atoms with E-state index in [4.69, 9.17) is 18.5 Å². The molecule has 0 aromatic carbocycles. The Morgan fingerprint density at radius 2 is 0.891 bits per heavy atom. The van der Waals surface area contributed by atoms with Gasteiger partial charge in [0, 0.05) is 12.8 Å². The number of unbranched alkanes of at least 4 members (excludes halogenated alkanes) is 20. The molecule has 0 saturated heterocycles. The van der Waals surface area contributed by atoms with Gasteiger partial charge < -0.3 is 27.9 Å². The SMILES string of the molecule is CC/C=C\C/C=C\C/C=C\C/C=C\CCCCCCCCCCCCC(=O)OC(COC(=O)CCCCCCCCC/C=C\C/C=C\CCCCC)COP(=O)([O-])OCC[N+](C)(C)C. The third-order valence-electron chi connectivity index (χ3n) is 10.7. The van der Waals surface area contributed by atoms with E-state index in [9.17, 15) is 19.0 Å². The van der Waals surface area contributed by atoms with Gasteiger partial charge in [-0.3, -0.25) is 14.2 Å². The standard InChI is InChI=1S/C54H96NO8P/c1-6-8-10-12-14-16-18-20-22-24-25-26-27-28-29-31-33-35-37-39-41-43-45-47-54(57)63-52(51-62-64(58,59)61-49-48-55(3,4)5)50-60-53(56)46-44-42-40-38-36-34-32-30-23-21-19-17-15-13-11-9-7-2/h8,10,14-17,20-23,25-26,52H,6-7,9,11-13,18-19,24,27-51H2,1-5H3/b10-8-,16-14-,17-15-,22-20-,23-21-,26-25-. The zero-order valence-electron chi connectivity index (χ0n) is 41.7. The minimum Gasteiger partial charge on any atom is -0.756 e. The lowest BCUT2D eigenvalue weighted by molar-refractivity contribution is -0.870. The zero-order valence-corrected chi connectivity index (χ0v) is 42.6. The summed E-state index contributed by atoms with van der Waals surface area (Å²) < 4.78 is 34.0. The van der Waals surface area contributed by atoms with Gasteiger partial charge in [-0.25, -0.2) is 0 Å². The number of carbonyl (C=O) groups is 2. The first-order valence-electron chi connectivity index (χ1n) is 25.6. The van der Waals surface area contributed by atoms with E-state index >= 15 is 0 Å². The number of hydrogen-bond acceptors (Lipinski definition) is 8. The monoisotopic (exact) mass is 918 g/mol. The molecule has 0 N–H and O–H groups in total. The predicted molar refractivity (Wildman–Crippen MR) is 268 cm³/mol. The minimum atomic E-state index is -4.64. The lowest BCUT2D eigenvalue weighted by Gasteiger charge is -2.28. The quantitative estimate of drug-likeness (QED) is 0.0195. The van der Waals surface area contributed by atoms with E-state index < -0.39 is 32.5 Å². The second kappa shape index (κ2) is 45.6. The number of phosphoric acid groups is 1. The van der Waals surface area contributed by atoms with E-state index in [1.807, 2.05) is 21.1 Å². The molecular formula is C54H96NO8P. The average molecular weight is 918 g/mol. The lowest BCUT2D eigenvalue weighted by Crippen LogP contribution is -2.37. The number of ether oxygens (including phenoxy) is 2. The molecule has 0 amide bonds. The van der Waals surface area contributed by atoms with Crippen molar-refractivity contribution < 1.29 is 42.1 Å². The van der Waals surface area contributed by atoms with Gasteiger partial charge in [0.15, 0.2) is 6.10 Å². The number of likely N-dealkylation sites (N-methyl/N-ethyl adjacent to an activating group) is 1. The summed E-state index contributed by atoms with van der Waals surface area (Å²) in [4.78, 5) is 37.7. The van der Waals surface area contributed by atoms with Crippen LogP contribution in [0.5, 0.6) is 0 Å². The van der Waals surface area contributed by atoms with Crippen molar-refractivity contribution in [3.8, 4) is 0 Å². The highest BCUT2D eigenvalue weighted by atomic mass is 31.2. The van der Waals surface area contributed by atoms with E-state index in [1.54, 1.807) is 0 Å². The fourth-order valence-electron chi connectivity index (χ4n) is 6.73. The van der Waals surface area contributed by atoms with Gasteiger partial charge in [-0.15, -0.1) is 0 Å². The van der Waals surface area contributed by atoms with Gasteiger partial charge in [-0.05, 0) is 83.5 Å². The van der Waals surface area contributed by atoms with Crippen LogP contribution in [0.3, 0.4) is 0 Å². The number of nitrogens with zero attached hydrogens (tertiary/aromatic N) is 1. The minimum absolute atomic E-state index is 0.0360. The van der Waals surface area contributed by atoms with Crippen LogP contribution >= 0.6 is 7.82 Å². The van der Waals surface area contributed by atoms with Crippen LogP contribution in [0.1, 0.15) is 206 Å². The predicted octanol–water partition coefficient (Wildman–Crippen LogP) is 14.7. The van der Waals surface area contributed by atoms with E-state index in [0.29, 0.717) is 17.4 Å². The molecule has 2 atom stereocenters. The third-order valence-corrected chi connectivity index (χ3v) is 11.7. The van der Waals surface area contributed by atoms with Crippen molar-refractivity contribution in [1.82, 2.24) is 0 Å². The molecule has 0 fully saturated rings. The van der Waals surface area contributed by atoms with Crippen LogP contribution in [-0.2, 0) is 32.7 Å². The first-order valence-corrected chi connectivity index (χ1v) is 27.1. The van der Waals surface area contributed by atoms with Crippen molar-refractivity contribution >= 4 is 19.8 Å². The molecule has 10 heteroatoms. The summed E-state index contributed by atoms with van der Waals surface area (Å²) in [6, 6.07) is 0. The summed E-state index contributed by atoms with van der Waals surface area (Å²) in [6.45, 7) is 4.08. The first-order chi connectivity index (χ1) is 31.0. The smallest absolute Gasteiger partial charge is 0.306 e. The van der Waals surface area contributed by atoms with Crippen LogP contribution in [0, 0.1) is 0 Å². The Balaban J connectivity index is 4.27. The number of hydrogen-bond donors (Lipinski definition) is 0. The van der Waals surface area contributed by atoms with Gasteiger partial charge in [0.1, 0.15) is 19.8 Å². The fraction of sp³-hybridized carbons (Fsp3) is 0.741. The van der Waals surface area contributed by atoms with Crippen LogP contribution in [0.25, 0.3) is 0 Å². The maximum atomic E-state index is 12.8. The highest BCUT2D eigenvalue weighted by Crippen LogP contribution is 2.38. The van der Waals surface area contributed by atoms with Crippen molar-refractivity contribution in [1.29, 1.82) is 0 Å². The van der Waals surface area contributed by atoms with E-state index in [0.717, 1.165) is 89.9 Å². The summed E-state index contributed by atoms with van der Waals surface area (Å²) in [5.41, 5.74) is 0. The molecule has 0 spiro atoms. The number of esters is 2. The summed E-state index contributed by atoms with van der Waals surface area (Å²) in [5, 5.41) is 0. The molecular weight excluding hydrogens is 822 g/mol. The van der Waals surface area contributed by atoms with Crippen LogP contribution < -0.4 is 4.89 Å². The van der Waals surface area contributed by atoms with Gasteiger partial charge in [-0.2, -0.15) is 0 Å². The molecule has 0 aliphatic heterocycles. The largest absolute Gasteiger partial charge is 0.756 e. The second-order valence-corrected chi connectivity index (χ2v) is 19.6. The van der Waals surface area contributed by atoms with Crippen LogP contribution in [-0.4, -0.2) is 70.0 Å². The molecule has 0 saturated carbocycles. The highest BCUT2D eigenvalue weighted by molar-refractivity contribution is 7.45.